The van der Waals surface area contributed by atoms with Crippen LogP contribution in [0.3, 0.4) is 0 Å². The van der Waals surface area contributed by atoms with E-state index in [9.17, 15) is 18.0 Å². The molecule has 0 bridgehead atoms. The van der Waals surface area contributed by atoms with Crippen LogP contribution in [-0.2, 0) is 17.4 Å². The predicted octanol–water partition coefficient (Wildman–Crippen LogP) is 3.91. The maximum absolute atomic E-state index is 12.9. The Morgan fingerprint density at radius 1 is 1.25 bits per heavy atom. The number of nitrogens with zero attached hydrogens (tertiary/aromatic N) is 1. The Balaban J connectivity index is 1.75. The van der Waals surface area contributed by atoms with Gasteiger partial charge < -0.3 is 5.32 Å². The van der Waals surface area contributed by atoms with Crippen LogP contribution < -0.4 is 5.32 Å². The first kappa shape index (κ1) is 16.5. The van der Waals surface area contributed by atoms with Crippen LogP contribution in [0.2, 0.25) is 0 Å². The second kappa shape index (κ2) is 6.63. The summed E-state index contributed by atoms with van der Waals surface area (Å²) in [5.41, 5.74) is 0.590. The van der Waals surface area contributed by atoms with Gasteiger partial charge in [-0.3, -0.25) is 9.78 Å². The Hall–Kier alpha value is -2.37. The summed E-state index contributed by atoms with van der Waals surface area (Å²) < 4.78 is 38.7. The van der Waals surface area contributed by atoms with Crippen molar-refractivity contribution < 1.29 is 18.0 Å². The van der Waals surface area contributed by atoms with E-state index in [1.165, 1.54) is 6.07 Å². The average molecular weight is 334 g/mol. The normalized spacial score (nSPS) is 15.8. The number of hydrogen-bond acceptors (Lipinski definition) is 2. The number of carbonyl (C=O) groups excluding carboxylic acids is 1. The first-order chi connectivity index (χ1) is 11.4. The molecular weight excluding hydrogens is 317 g/mol. The van der Waals surface area contributed by atoms with E-state index < -0.39 is 11.7 Å². The van der Waals surface area contributed by atoms with Crippen LogP contribution >= 0.6 is 0 Å². The van der Waals surface area contributed by atoms with Crippen molar-refractivity contribution >= 4 is 5.91 Å². The largest absolute Gasteiger partial charge is 0.416 e. The third-order valence-corrected chi connectivity index (χ3v) is 4.07. The first-order valence-electron chi connectivity index (χ1n) is 7.79. The van der Waals surface area contributed by atoms with Crippen LogP contribution in [0.1, 0.15) is 35.6 Å². The Labute approximate surface area is 137 Å². The fourth-order valence-corrected chi connectivity index (χ4v) is 2.72. The van der Waals surface area contributed by atoms with E-state index in [1.54, 1.807) is 30.6 Å². The molecule has 1 atom stereocenters. The van der Waals surface area contributed by atoms with Crippen molar-refractivity contribution in [1.82, 2.24) is 10.3 Å². The molecule has 1 amide bonds. The zero-order chi connectivity index (χ0) is 17.2. The number of benzene rings is 1. The number of pyridine rings is 1. The van der Waals surface area contributed by atoms with Gasteiger partial charge in [0.2, 0.25) is 5.91 Å². The van der Waals surface area contributed by atoms with E-state index in [-0.39, 0.29) is 24.3 Å². The van der Waals surface area contributed by atoms with Gasteiger partial charge in [0.1, 0.15) is 0 Å². The van der Waals surface area contributed by atoms with E-state index in [0.29, 0.717) is 5.56 Å². The van der Waals surface area contributed by atoms with Gasteiger partial charge in [-0.05, 0) is 48.1 Å². The van der Waals surface area contributed by atoms with Gasteiger partial charge in [0, 0.05) is 12.4 Å². The van der Waals surface area contributed by atoms with Crippen LogP contribution in [0.5, 0.6) is 0 Å². The Morgan fingerprint density at radius 2 is 2.04 bits per heavy atom. The van der Waals surface area contributed by atoms with Crippen molar-refractivity contribution in [2.24, 2.45) is 5.92 Å². The molecule has 0 aliphatic heterocycles. The van der Waals surface area contributed by atoms with Gasteiger partial charge in [-0.25, -0.2) is 0 Å². The summed E-state index contributed by atoms with van der Waals surface area (Å²) in [5, 5.41) is 2.89. The molecule has 1 aliphatic carbocycles. The number of halogens is 3. The summed E-state index contributed by atoms with van der Waals surface area (Å²) in [6.07, 6.45) is 0.828. The number of rotatable bonds is 5. The average Bonchev–Trinajstić information content (AvgIpc) is 3.38. The van der Waals surface area contributed by atoms with Crippen molar-refractivity contribution in [2.45, 2.75) is 31.5 Å². The lowest BCUT2D eigenvalue weighted by molar-refractivity contribution is -0.137. The third kappa shape index (κ3) is 4.13. The van der Waals surface area contributed by atoms with E-state index in [4.69, 9.17) is 0 Å². The molecule has 0 radical (unpaired) electrons. The highest BCUT2D eigenvalue weighted by molar-refractivity contribution is 5.79. The molecule has 1 aromatic heterocycles. The molecule has 0 spiro atoms. The number of amides is 1. The van der Waals surface area contributed by atoms with E-state index in [2.05, 4.69) is 10.3 Å². The van der Waals surface area contributed by atoms with Crippen molar-refractivity contribution in [1.29, 1.82) is 0 Å². The summed E-state index contributed by atoms with van der Waals surface area (Å²) in [5.74, 6) is -0.0105. The number of nitrogens with one attached hydrogen (secondary N) is 1. The molecule has 24 heavy (non-hydrogen) atoms. The van der Waals surface area contributed by atoms with Crippen LogP contribution in [0.15, 0.2) is 48.8 Å². The molecule has 1 heterocycles. The molecule has 3 rings (SSSR count). The van der Waals surface area contributed by atoms with Crippen LogP contribution in [0.4, 0.5) is 13.2 Å². The summed E-state index contributed by atoms with van der Waals surface area (Å²) in [7, 11) is 0. The van der Waals surface area contributed by atoms with Gasteiger partial charge in [0.05, 0.1) is 18.0 Å². The Morgan fingerprint density at radius 3 is 2.67 bits per heavy atom. The summed E-state index contributed by atoms with van der Waals surface area (Å²) in [6, 6.07) is 8.37. The van der Waals surface area contributed by atoms with Gasteiger partial charge in [-0.15, -0.1) is 0 Å². The number of aromatic nitrogens is 1. The number of hydrogen-bond donors (Lipinski definition) is 1. The highest BCUT2D eigenvalue weighted by Gasteiger charge is 2.36. The standard InChI is InChI=1S/C18H17F3N2O/c19-18(20,21)15-5-1-4-14(10-15)17(13-6-7-13)23-16(24)9-12-3-2-8-22-11-12/h1-5,8,10-11,13,17H,6-7,9H2,(H,23,24)/t17-/m0/s1. The minimum absolute atomic E-state index is 0.163. The predicted molar refractivity (Wildman–Crippen MR) is 83.0 cm³/mol. The Kier molecular flexibility index (Phi) is 4.55. The SMILES string of the molecule is O=C(Cc1cccnc1)N[C@H](c1cccc(C(F)(F)F)c1)C1CC1. The summed E-state index contributed by atoms with van der Waals surface area (Å²) in [4.78, 5) is 16.2. The molecule has 1 aliphatic rings. The topological polar surface area (TPSA) is 42.0 Å². The summed E-state index contributed by atoms with van der Waals surface area (Å²) in [6.45, 7) is 0. The molecule has 6 heteroatoms. The lowest BCUT2D eigenvalue weighted by Crippen LogP contribution is -2.31. The summed E-state index contributed by atoms with van der Waals surface area (Å²) >= 11 is 0. The van der Waals surface area contributed by atoms with E-state index >= 15 is 0 Å². The molecular formula is C18H17F3N2O. The first-order valence-corrected chi connectivity index (χ1v) is 7.79. The molecule has 3 nitrogen and oxygen atoms in total. The van der Waals surface area contributed by atoms with Crippen LogP contribution in [0.25, 0.3) is 0 Å². The van der Waals surface area contributed by atoms with Crippen molar-refractivity contribution in [3.05, 3.63) is 65.5 Å². The van der Waals surface area contributed by atoms with Gasteiger partial charge in [0.25, 0.3) is 0 Å². The second-order valence-electron chi connectivity index (χ2n) is 6.04. The Bertz CT molecular complexity index is 712. The highest BCUT2D eigenvalue weighted by atomic mass is 19.4. The van der Waals surface area contributed by atoms with Crippen molar-refractivity contribution in [2.75, 3.05) is 0 Å². The molecule has 1 aromatic carbocycles. The van der Waals surface area contributed by atoms with E-state index in [0.717, 1.165) is 30.5 Å². The van der Waals surface area contributed by atoms with Gasteiger partial charge in [-0.2, -0.15) is 13.2 Å². The number of carbonyl (C=O) groups is 1. The minimum Gasteiger partial charge on any atom is -0.349 e. The van der Waals surface area contributed by atoms with Crippen molar-refractivity contribution in [3.8, 4) is 0 Å². The molecule has 0 saturated heterocycles. The lowest BCUT2D eigenvalue weighted by atomic mass is 9.99. The molecule has 2 aromatic rings. The lowest BCUT2D eigenvalue weighted by Gasteiger charge is -2.20. The smallest absolute Gasteiger partial charge is 0.349 e. The van der Waals surface area contributed by atoms with E-state index in [1.807, 2.05) is 0 Å². The monoisotopic (exact) mass is 334 g/mol. The molecule has 126 valence electrons. The molecule has 1 fully saturated rings. The fourth-order valence-electron chi connectivity index (χ4n) is 2.72. The zero-order valence-electron chi connectivity index (χ0n) is 12.9. The maximum Gasteiger partial charge on any atom is 0.416 e. The zero-order valence-corrected chi connectivity index (χ0v) is 12.9. The van der Waals surface area contributed by atoms with Gasteiger partial charge in [0.15, 0.2) is 0 Å². The van der Waals surface area contributed by atoms with Gasteiger partial charge in [-0.1, -0.05) is 18.2 Å². The van der Waals surface area contributed by atoms with Crippen LogP contribution in [0, 0.1) is 5.92 Å². The minimum atomic E-state index is -4.39. The number of alkyl halides is 3. The van der Waals surface area contributed by atoms with Crippen LogP contribution in [-0.4, -0.2) is 10.9 Å². The third-order valence-electron chi connectivity index (χ3n) is 4.07. The van der Waals surface area contributed by atoms with Gasteiger partial charge >= 0.3 is 6.18 Å². The molecule has 1 N–H and O–H groups in total. The van der Waals surface area contributed by atoms with Crippen molar-refractivity contribution in [3.63, 3.8) is 0 Å². The fraction of sp³-hybridized carbons (Fsp3) is 0.333. The molecule has 0 unspecified atom stereocenters. The highest BCUT2D eigenvalue weighted by Crippen LogP contribution is 2.42. The molecule has 1 saturated carbocycles. The maximum atomic E-state index is 12.9. The quantitative estimate of drug-likeness (QED) is 0.901. The second-order valence-corrected chi connectivity index (χ2v) is 6.04.